The number of nitrogens with one attached hydrogen (secondary N) is 2. The Morgan fingerprint density at radius 3 is 2.53 bits per heavy atom. The summed E-state index contributed by atoms with van der Waals surface area (Å²) in [5.74, 6) is 0. The lowest BCUT2D eigenvalue weighted by molar-refractivity contribution is 0.555. The number of hydrogen-bond donors (Lipinski definition) is 2. The Balaban J connectivity index is 3.25. The molecule has 4 nitrogen and oxygen atoms in total. The Morgan fingerprint density at radius 2 is 2.00 bits per heavy atom. The molecule has 0 saturated carbocycles. The summed E-state index contributed by atoms with van der Waals surface area (Å²) in [6, 6.07) is 3.60. The molecule has 1 rings (SSSR count). The van der Waals surface area contributed by atoms with E-state index in [2.05, 4.69) is 26.0 Å². The standard InChI is InChI=1S/C13H21BrN2O2S/c1-5-10(3)16-19(17,18)12-7-11(8-15-4)6-9(2)13(12)14/h6-7,10,15-16H,5,8H2,1-4H3. The Labute approximate surface area is 124 Å². The van der Waals surface area contributed by atoms with Gasteiger partial charge in [-0.05, 0) is 60.4 Å². The smallest absolute Gasteiger partial charge is 0.241 e. The van der Waals surface area contributed by atoms with Gasteiger partial charge in [0.25, 0.3) is 0 Å². The summed E-state index contributed by atoms with van der Waals surface area (Å²) in [6.45, 7) is 6.34. The summed E-state index contributed by atoms with van der Waals surface area (Å²) in [5.41, 5.74) is 1.87. The van der Waals surface area contributed by atoms with Crippen LogP contribution in [-0.4, -0.2) is 21.5 Å². The molecule has 0 amide bonds. The Hall–Kier alpha value is -0.430. The maximum atomic E-state index is 12.4. The maximum absolute atomic E-state index is 12.4. The van der Waals surface area contributed by atoms with E-state index < -0.39 is 10.0 Å². The van der Waals surface area contributed by atoms with Crippen LogP contribution in [0.5, 0.6) is 0 Å². The molecule has 0 radical (unpaired) electrons. The van der Waals surface area contributed by atoms with Crippen LogP contribution in [0.15, 0.2) is 21.5 Å². The molecule has 0 aliphatic carbocycles. The number of aryl methyl sites for hydroxylation is 1. The fourth-order valence-electron chi connectivity index (χ4n) is 1.72. The van der Waals surface area contributed by atoms with E-state index in [4.69, 9.17) is 0 Å². The van der Waals surface area contributed by atoms with E-state index in [-0.39, 0.29) is 6.04 Å². The van der Waals surface area contributed by atoms with Crippen LogP contribution in [0.25, 0.3) is 0 Å². The Bertz CT molecular complexity index is 544. The van der Waals surface area contributed by atoms with Crippen molar-refractivity contribution < 1.29 is 8.42 Å². The average molecular weight is 349 g/mol. The van der Waals surface area contributed by atoms with Crippen LogP contribution in [0, 0.1) is 6.92 Å². The molecule has 6 heteroatoms. The fraction of sp³-hybridized carbons (Fsp3) is 0.538. The lowest BCUT2D eigenvalue weighted by atomic mass is 10.1. The van der Waals surface area contributed by atoms with E-state index in [1.165, 1.54) is 0 Å². The highest BCUT2D eigenvalue weighted by Crippen LogP contribution is 2.27. The van der Waals surface area contributed by atoms with Crippen molar-refractivity contribution in [1.82, 2.24) is 10.0 Å². The van der Waals surface area contributed by atoms with E-state index in [1.807, 2.05) is 33.9 Å². The number of hydrogen-bond acceptors (Lipinski definition) is 3. The molecular formula is C13H21BrN2O2S. The van der Waals surface area contributed by atoms with Crippen molar-refractivity contribution in [3.63, 3.8) is 0 Å². The summed E-state index contributed by atoms with van der Waals surface area (Å²) in [7, 11) is -1.65. The van der Waals surface area contributed by atoms with Crippen molar-refractivity contribution in [2.24, 2.45) is 0 Å². The van der Waals surface area contributed by atoms with Gasteiger partial charge in [0.2, 0.25) is 10.0 Å². The number of sulfonamides is 1. The van der Waals surface area contributed by atoms with Gasteiger partial charge >= 0.3 is 0 Å². The van der Waals surface area contributed by atoms with Crippen LogP contribution in [0.1, 0.15) is 31.4 Å². The molecule has 0 spiro atoms. The zero-order chi connectivity index (χ0) is 14.6. The van der Waals surface area contributed by atoms with Gasteiger partial charge in [0.15, 0.2) is 0 Å². The third kappa shape index (κ3) is 4.27. The normalized spacial score (nSPS) is 13.5. The molecule has 2 N–H and O–H groups in total. The molecule has 1 aromatic carbocycles. The highest BCUT2D eigenvalue weighted by atomic mass is 79.9. The topological polar surface area (TPSA) is 58.2 Å². The zero-order valence-electron chi connectivity index (χ0n) is 11.7. The molecule has 1 atom stereocenters. The predicted octanol–water partition coefficient (Wildman–Crippen LogP) is 2.55. The van der Waals surface area contributed by atoms with E-state index in [0.29, 0.717) is 15.9 Å². The van der Waals surface area contributed by atoms with Gasteiger partial charge in [0, 0.05) is 17.1 Å². The van der Waals surface area contributed by atoms with Gasteiger partial charge in [0.1, 0.15) is 0 Å². The van der Waals surface area contributed by atoms with E-state index >= 15 is 0 Å². The van der Waals surface area contributed by atoms with Crippen molar-refractivity contribution in [3.05, 3.63) is 27.7 Å². The molecular weight excluding hydrogens is 328 g/mol. The lowest BCUT2D eigenvalue weighted by Gasteiger charge is -2.15. The largest absolute Gasteiger partial charge is 0.316 e. The highest BCUT2D eigenvalue weighted by molar-refractivity contribution is 9.10. The quantitative estimate of drug-likeness (QED) is 0.830. The molecule has 19 heavy (non-hydrogen) atoms. The summed E-state index contributed by atoms with van der Waals surface area (Å²) in [5, 5.41) is 3.03. The third-order valence-electron chi connectivity index (χ3n) is 2.92. The molecule has 0 aromatic heterocycles. The van der Waals surface area contributed by atoms with Crippen molar-refractivity contribution in [1.29, 1.82) is 0 Å². The second kappa shape index (κ2) is 6.83. The summed E-state index contributed by atoms with van der Waals surface area (Å²) in [4.78, 5) is 0.304. The summed E-state index contributed by atoms with van der Waals surface area (Å²) >= 11 is 3.37. The molecule has 0 aliphatic heterocycles. The minimum absolute atomic E-state index is 0.0786. The van der Waals surface area contributed by atoms with Gasteiger partial charge in [0.05, 0.1) is 4.90 Å². The predicted molar refractivity (Wildman–Crippen MR) is 81.7 cm³/mol. The van der Waals surface area contributed by atoms with Crippen LogP contribution in [0.3, 0.4) is 0 Å². The number of halogens is 1. The summed E-state index contributed by atoms with van der Waals surface area (Å²) in [6.07, 6.45) is 0.756. The van der Waals surface area contributed by atoms with E-state index in [1.54, 1.807) is 6.07 Å². The van der Waals surface area contributed by atoms with Crippen molar-refractivity contribution in [2.75, 3.05) is 7.05 Å². The highest BCUT2D eigenvalue weighted by Gasteiger charge is 2.21. The number of rotatable bonds is 6. The minimum atomic E-state index is -3.49. The second-order valence-electron chi connectivity index (χ2n) is 4.69. The molecule has 1 aromatic rings. The van der Waals surface area contributed by atoms with Crippen molar-refractivity contribution in [2.45, 2.75) is 44.7 Å². The van der Waals surface area contributed by atoms with Crippen molar-refractivity contribution in [3.8, 4) is 0 Å². The van der Waals surface area contributed by atoms with Crippen LogP contribution in [0.2, 0.25) is 0 Å². The van der Waals surface area contributed by atoms with Crippen LogP contribution < -0.4 is 10.0 Å². The molecule has 0 heterocycles. The van der Waals surface area contributed by atoms with Gasteiger partial charge in [-0.1, -0.05) is 13.0 Å². The first-order valence-corrected chi connectivity index (χ1v) is 8.55. The van der Waals surface area contributed by atoms with Gasteiger partial charge in [-0.2, -0.15) is 0 Å². The first-order valence-electron chi connectivity index (χ1n) is 6.27. The molecule has 0 bridgehead atoms. The monoisotopic (exact) mass is 348 g/mol. The first kappa shape index (κ1) is 16.6. The zero-order valence-corrected chi connectivity index (χ0v) is 14.2. The summed E-state index contributed by atoms with van der Waals surface area (Å²) < 4.78 is 28.0. The fourth-order valence-corrected chi connectivity index (χ4v) is 4.12. The third-order valence-corrected chi connectivity index (χ3v) is 5.85. The van der Waals surface area contributed by atoms with Crippen molar-refractivity contribution >= 4 is 26.0 Å². The lowest BCUT2D eigenvalue weighted by Crippen LogP contribution is -2.32. The average Bonchev–Trinajstić information content (AvgIpc) is 2.33. The molecule has 0 fully saturated rings. The molecule has 108 valence electrons. The molecule has 0 saturated heterocycles. The number of benzene rings is 1. The molecule has 0 aliphatic rings. The van der Waals surface area contributed by atoms with Gasteiger partial charge in [-0.15, -0.1) is 0 Å². The minimum Gasteiger partial charge on any atom is -0.316 e. The second-order valence-corrected chi connectivity index (χ2v) is 7.16. The molecule has 1 unspecified atom stereocenters. The maximum Gasteiger partial charge on any atom is 0.241 e. The Morgan fingerprint density at radius 1 is 1.37 bits per heavy atom. The van der Waals surface area contributed by atoms with Crippen LogP contribution in [0.4, 0.5) is 0 Å². The SMILES string of the molecule is CCC(C)NS(=O)(=O)c1cc(CNC)cc(C)c1Br. The van der Waals surface area contributed by atoms with E-state index in [9.17, 15) is 8.42 Å². The van der Waals surface area contributed by atoms with Crippen LogP contribution >= 0.6 is 15.9 Å². The first-order chi connectivity index (χ1) is 8.81. The van der Waals surface area contributed by atoms with Crippen LogP contribution in [-0.2, 0) is 16.6 Å². The Kier molecular flexibility index (Phi) is 5.98. The van der Waals surface area contributed by atoms with Gasteiger partial charge in [-0.3, -0.25) is 0 Å². The van der Waals surface area contributed by atoms with Gasteiger partial charge < -0.3 is 5.32 Å². The van der Waals surface area contributed by atoms with Gasteiger partial charge in [-0.25, -0.2) is 13.1 Å². The van der Waals surface area contributed by atoms with E-state index in [0.717, 1.165) is 17.5 Å².